The molecule has 0 radical (unpaired) electrons. The zero-order chi connectivity index (χ0) is 14.5. The topological polar surface area (TPSA) is 3.24 Å². The number of alkyl halides is 1. The molecule has 0 aliphatic heterocycles. The van der Waals surface area contributed by atoms with E-state index in [1.807, 2.05) is 12.1 Å². The lowest BCUT2D eigenvalue weighted by Gasteiger charge is -2.23. The fourth-order valence-electron chi connectivity index (χ4n) is 2.39. The van der Waals surface area contributed by atoms with Gasteiger partial charge in [0.15, 0.2) is 0 Å². The van der Waals surface area contributed by atoms with Crippen molar-refractivity contribution >= 4 is 0 Å². The first kappa shape index (κ1) is 16.2. The third-order valence-electron chi connectivity index (χ3n) is 3.50. The van der Waals surface area contributed by atoms with Crippen molar-refractivity contribution in [2.24, 2.45) is 0 Å². The maximum Gasteiger partial charge on any atom is 0.130 e. The molecule has 0 atom stereocenters. The van der Waals surface area contributed by atoms with Gasteiger partial charge in [-0.05, 0) is 63.4 Å². The van der Waals surface area contributed by atoms with Crippen molar-refractivity contribution in [1.82, 2.24) is 4.90 Å². The van der Waals surface area contributed by atoms with E-state index in [1.165, 1.54) is 24.0 Å². The highest BCUT2D eigenvalue weighted by Crippen LogP contribution is 2.26. The summed E-state index contributed by atoms with van der Waals surface area (Å²) in [7, 11) is 0. The van der Waals surface area contributed by atoms with Gasteiger partial charge in [0.05, 0.1) is 0 Å². The van der Waals surface area contributed by atoms with Gasteiger partial charge in [0.1, 0.15) is 5.67 Å². The first-order valence-electron chi connectivity index (χ1n) is 7.39. The van der Waals surface area contributed by atoms with E-state index in [1.54, 1.807) is 13.8 Å². The largest absolute Gasteiger partial charge is 0.299 e. The minimum atomic E-state index is -1.25. The van der Waals surface area contributed by atoms with Gasteiger partial charge in [0, 0.05) is 6.54 Å². The summed E-state index contributed by atoms with van der Waals surface area (Å²) in [5.41, 5.74) is 2.03. The minimum absolute atomic E-state index is 0.770. The first-order chi connectivity index (χ1) is 8.88. The summed E-state index contributed by atoms with van der Waals surface area (Å²) in [5.74, 6) is 0. The number of halogens is 1. The lowest BCUT2D eigenvalue weighted by Crippen LogP contribution is -2.25. The molecule has 19 heavy (non-hydrogen) atoms. The highest BCUT2D eigenvalue weighted by molar-refractivity contribution is 5.33. The first-order valence-corrected chi connectivity index (χ1v) is 7.39. The van der Waals surface area contributed by atoms with Crippen molar-refractivity contribution in [3.8, 4) is 0 Å². The zero-order valence-electron chi connectivity index (χ0n) is 13.1. The molecule has 0 aromatic heterocycles. The summed E-state index contributed by atoms with van der Waals surface area (Å²) in [6.07, 6.45) is 2.35. The maximum atomic E-state index is 13.9. The molecule has 1 nitrogen and oxygen atoms in total. The van der Waals surface area contributed by atoms with E-state index < -0.39 is 5.67 Å². The number of benzene rings is 1. The molecule has 1 aromatic rings. The Balaban J connectivity index is 2.84. The normalized spacial score (nSPS) is 12.2. The Kier molecular flexibility index (Phi) is 5.99. The monoisotopic (exact) mass is 265 g/mol. The molecule has 0 spiro atoms. The van der Waals surface area contributed by atoms with Crippen LogP contribution in [0.15, 0.2) is 18.2 Å². The molecule has 0 heterocycles. The molecule has 0 unspecified atom stereocenters. The third kappa shape index (κ3) is 4.94. The number of nitrogens with zero attached hydrogens (tertiary/aromatic N) is 1. The van der Waals surface area contributed by atoms with E-state index in [9.17, 15) is 4.39 Å². The van der Waals surface area contributed by atoms with Crippen LogP contribution in [0.1, 0.15) is 57.2 Å². The number of hydrogen-bond donors (Lipinski definition) is 0. The molecule has 1 rings (SSSR count). The molecule has 0 saturated carbocycles. The summed E-state index contributed by atoms with van der Waals surface area (Å²) < 4.78 is 13.9. The predicted molar refractivity (Wildman–Crippen MR) is 81.2 cm³/mol. The molecule has 2 heteroatoms. The van der Waals surface area contributed by atoms with Crippen LogP contribution in [0.3, 0.4) is 0 Å². The van der Waals surface area contributed by atoms with Gasteiger partial charge in [0.25, 0.3) is 0 Å². The Morgan fingerprint density at radius 2 is 1.68 bits per heavy atom. The van der Waals surface area contributed by atoms with Gasteiger partial charge in [-0.15, -0.1) is 0 Å². The predicted octanol–water partition coefficient (Wildman–Crippen LogP) is 4.82. The van der Waals surface area contributed by atoms with Crippen LogP contribution in [0.25, 0.3) is 0 Å². The van der Waals surface area contributed by atoms with Gasteiger partial charge in [-0.2, -0.15) is 0 Å². The molecule has 0 bridgehead atoms. The van der Waals surface area contributed by atoms with Crippen molar-refractivity contribution in [3.63, 3.8) is 0 Å². The van der Waals surface area contributed by atoms with Crippen LogP contribution in [-0.4, -0.2) is 18.0 Å². The molecule has 1 aromatic carbocycles. The number of rotatable bonds is 7. The molecular weight excluding hydrogens is 237 g/mol. The van der Waals surface area contributed by atoms with Crippen molar-refractivity contribution < 1.29 is 4.39 Å². The summed E-state index contributed by atoms with van der Waals surface area (Å²) in [6.45, 7) is 13.0. The Morgan fingerprint density at radius 1 is 1.11 bits per heavy atom. The quantitative estimate of drug-likeness (QED) is 0.683. The maximum absolute atomic E-state index is 13.9. The second kappa shape index (κ2) is 7.04. The number of aryl methyl sites for hydroxylation is 1. The van der Waals surface area contributed by atoms with E-state index in [0.29, 0.717) is 0 Å². The lowest BCUT2D eigenvalue weighted by molar-refractivity contribution is 0.221. The molecule has 0 fully saturated rings. The Bertz CT molecular complexity index is 387. The summed E-state index contributed by atoms with van der Waals surface area (Å²) >= 11 is 0. The Morgan fingerprint density at radius 3 is 2.11 bits per heavy atom. The van der Waals surface area contributed by atoms with E-state index in [-0.39, 0.29) is 0 Å². The van der Waals surface area contributed by atoms with Crippen LogP contribution in [0.2, 0.25) is 0 Å². The van der Waals surface area contributed by atoms with Crippen LogP contribution in [-0.2, 0) is 12.2 Å². The van der Waals surface area contributed by atoms with E-state index in [4.69, 9.17) is 0 Å². The fourth-order valence-corrected chi connectivity index (χ4v) is 2.39. The van der Waals surface area contributed by atoms with Crippen LogP contribution in [0.5, 0.6) is 0 Å². The van der Waals surface area contributed by atoms with Gasteiger partial charge in [-0.3, -0.25) is 4.90 Å². The summed E-state index contributed by atoms with van der Waals surface area (Å²) in [5, 5.41) is 0. The highest BCUT2D eigenvalue weighted by atomic mass is 19.1. The Hall–Kier alpha value is -0.890. The molecule has 0 amide bonds. The molecular formula is C17H28FN. The van der Waals surface area contributed by atoms with Gasteiger partial charge in [0.2, 0.25) is 0 Å². The average molecular weight is 265 g/mol. The second-order valence-corrected chi connectivity index (χ2v) is 5.89. The van der Waals surface area contributed by atoms with Crippen molar-refractivity contribution in [1.29, 1.82) is 0 Å². The van der Waals surface area contributed by atoms with Crippen molar-refractivity contribution in [3.05, 3.63) is 34.9 Å². The summed E-state index contributed by atoms with van der Waals surface area (Å²) in [6, 6.07) is 6.01. The molecule has 0 aliphatic carbocycles. The SMILES string of the molecule is CCCN(CCC)Cc1ccc(C(C)(C)F)cc1C. The van der Waals surface area contributed by atoms with E-state index in [0.717, 1.165) is 25.2 Å². The molecule has 0 aliphatic rings. The third-order valence-corrected chi connectivity index (χ3v) is 3.50. The Labute approximate surface area is 117 Å². The second-order valence-electron chi connectivity index (χ2n) is 5.89. The van der Waals surface area contributed by atoms with Gasteiger partial charge >= 0.3 is 0 Å². The zero-order valence-corrected chi connectivity index (χ0v) is 13.1. The molecule has 108 valence electrons. The molecule has 0 N–H and O–H groups in total. The summed E-state index contributed by atoms with van der Waals surface area (Å²) in [4.78, 5) is 2.47. The van der Waals surface area contributed by atoms with Gasteiger partial charge in [-0.25, -0.2) is 4.39 Å². The standard InChI is InChI=1S/C17H28FN/c1-6-10-19(11-7-2)13-15-8-9-16(12-14(15)3)17(4,5)18/h8-9,12H,6-7,10-11,13H2,1-5H3. The highest BCUT2D eigenvalue weighted by Gasteiger charge is 2.19. The fraction of sp³-hybridized carbons (Fsp3) is 0.647. The van der Waals surface area contributed by atoms with Crippen LogP contribution in [0.4, 0.5) is 4.39 Å². The average Bonchev–Trinajstić information content (AvgIpc) is 2.31. The van der Waals surface area contributed by atoms with Crippen LogP contribution < -0.4 is 0 Å². The smallest absolute Gasteiger partial charge is 0.130 e. The van der Waals surface area contributed by atoms with E-state index in [2.05, 4.69) is 31.7 Å². The van der Waals surface area contributed by atoms with Crippen molar-refractivity contribution in [2.45, 2.75) is 59.7 Å². The van der Waals surface area contributed by atoms with Gasteiger partial charge in [-0.1, -0.05) is 32.0 Å². The molecule has 0 saturated heterocycles. The van der Waals surface area contributed by atoms with Gasteiger partial charge < -0.3 is 0 Å². The van der Waals surface area contributed by atoms with E-state index >= 15 is 0 Å². The minimum Gasteiger partial charge on any atom is -0.299 e. The van der Waals surface area contributed by atoms with Crippen molar-refractivity contribution in [2.75, 3.05) is 13.1 Å². The van der Waals surface area contributed by atoms with Crippen LogP contribution >= 0.6 is 0 Å². The van der Waals surface area contributed by atoms with Crippen LogP contribution in [0, 0.1) is 6.92 Å². The number of hydrogen-bond acceptors (Lipinski definition) is 1. The lowest BCUT2D eigenvalue weighted by atomic mass is 9.95.